The molecule has 1 aliphatic rings. The van der Waals surface area contributed by atoms with Crippen LogP contribution in [0.3, 0.4) is 0 Å². The summed E-state index contributed by atoms with van der Waals surface area (Å²) < 4.78 is 4.80. The van der Waals surface area contributed by atoms with E-state index in [1.807, 2.05) is 20.8 Å². The van der Waals surface area contributed by atoms with E-state index in [0.29, 0.717) is 6.42 Å². The average molecular weight is 313 g/mol. The summed E-state index contributed by atoms with van der Waals surface area (Å²) in [6.07, 6.45) is 3.43. The van der Waals surface area contributed by atoms with Crippen molar-refractivity contribution >= 4 is 17.6 Å². The van der Waals surface area contributed by atoms with Crippen LogP contribution >= 0.6 is 0 Å². The molecule has 1 atom stereocenters. The Labute approximate surface area is 134 Å². The Bertz CT molecular complexity index is 440. The van der Waals surface area contributed by atoms with Crippen molar-refractivity contribution in [3.63, 3.8) is 0 Å². The van der Waals surface area contributed by atoms with Gasteiger partial charge in [0, 0.05) is 21.0 Å². The fraction of sp³-hybridized carbons (Fsp3) is 0.812. The van der Waals surface area contributed by atoms with E-state index in [2.05, 4.69) is 12.2 Å². The van der Waals surface area contributed by atoms with Crippen LogP contribution in [0.5, 0.6) is 0 Å². The molecular weight excluding hydrogens is 282 g/mol. The third kappa shape index (κ3) is 4.06. The number of unbranched alkanes of at least 4 members (excludes halogenated alkanes) is 1. The largest absolute Gasteiger partial charge is 0.375 e. The van der Waals surface area contributed by atoms with E-state index < -0.39 is 5.54 Å². The minimum Gasteiger partial charge on any atom is -0.375 e. The Kier molecular flexibility index (Phi) is 7.00. The zero-order valence-corrected chi connectivity index (χ0v) is 14.4. The smallest absolute Gasteiger partial charge is 0.257 e. The summed E-state index contributed by atoms with van der Waals surface area (Å²) in [5, 5.41) is 2.77. The van der Waals surface area contributed by atoms with Gasteiger partial charge < -0.3 is 10.1 Å². The lowest BCUT2D eigenvalue weighted by Gasteiger charge is -2.28. The number of carbonyl (C=O) groups excluding carboxylic acids is 2. The number of hydrogen-bond donors (Lipinski definition) is 1. The fourth-order valence-corrected chi connectivity index (χ4v) is 2.63. The van der Waals surface area contributed by atoms with Gasteiger partial charge in [-0.3, -0.25) is 19.5 Å². The number of rotatable bonds is 9. The molecule has 22 heavy (non-hydrogen) atoms. The molecule has 1 N–H and O–H groups in total. The summed E-state index contributed by atoms with van der Waals surface area (Å²) in [6, 6.07) is 0.0752. The molecule has 1 heterocycles. The van der Waals surface area contributed by atoms with E-state index in [1.54, 1.807) is 4.90 Å². The molecule has 2 amide bonds. The lowest BCUT2D eigenvalue weighted by molar-refractivity contribution is -0.132. The third-order valence-electron chi connectivity index (χ3n) is 3.95. The van der Waals surface area contributed by atoms with E-state index in [4.69, 9.17) is 9.73 Å². The summed E-state index contributed by atoms with van der Waals surface area (Å²) in [4.78, 5) is 31.0. The molecule has 0 bridgehead atoms. The molecule has 0 spiro atoms. The van der Waals surface area contributed by atoms with Crippen molar-refractivity contribution in [1.82, 2.24) is 10.2 Å². The number of ether oxygens (including phenoxy) is 1. The number of amidine groups is 1. The molecule has 1 rings (SSSR count). The number of amides is 2. The van der Waals surface area contributed by atoms with Crippen LogP contribution in [-0.2, 0) is 14.3 Å². The van der Waals surface area contributed by atoms with Gasteiger partial charge in [-0.25, -0.2) is 0 Å². The second-order valence-corrected chi connectivity index (χ2v) is 6.00. The molecule has 0 fully saturated rings. The molecule has 1 unspecified atom stereocenters. The predicted octanol–water partition coefficient (Wildman–Crippen LogP) is 1.98. The number of methoxy groups -OCH3 is 1. The molecular formula is C16H31N3O3. The second kappa shape index (κ2) is 8.27. The van der Waals surface area contributed by atoms with Crippen molar-refractivity contribution in [3.05, 3.63) is 0 Å². The van der Waals surface area contributed by atoms with Gasteiger partial charge in [0.15, 0.2) is 5.54 Å². The van der Waals surface area contributed by atoms with Gasteiger partial charge in [-0.05, 0) is 26.7 Å². The molecule has 1 aliphatic heterocycles. The Balaban J connectivity index is 0.00000484. The standard InChI is InChI=1S/C16H29N3O3.H2/c1-6-8-9-13-18-16(7-2,11-17-14(20)10-22-5)15(21)19(13)12(3)4;/h12H,6-11H2,1-5H3,(H,17,20);1H. The first-order valence-electron chi connectivity index (χ1n) is 8.09. The van der Waals surface area contributed by atoms with E-state index in [0.717, 1.165) is 25.1 Å². The summed E-state index contributed by atoms with van der Waals surface area (Å²) in [6.45, 7) is 8.26. The van der Waals surface area contributed by atoms with Crippen LogP contribution in [0.1, 0.15) is 54.8 Å². The summed E-state index contributed by atoms with van der Waals surface area (Å²) in [5.74, 6) is 0.620. The highest BCUT2D eigenvalue weighted by atomic mass is 16.5. The number of hydrogen-bond acceptors (Lipinski definition) is 4. The van der Waals surface area contributed by atoms with Crippen LogP contribution in [0.15, 0.2) is 4.99 Å². The highest BCUT2D eigenvalue weighted by Crippen LogP contribution is 2.29. The molecule has 0 radical (unpaired) electrons. The third-order valence-corrected chi connectivity index (χ3v) is 3.95. The SMILES string of the molecule is CCCCC1=NC(CC)(CNC(=O)COC)C(=O)N1C(C)C.[HH]. The maximum absolute atomic E-state index is 12.9. The normalized spacial score (nSPS) is 21.5. The maximum Gasteiger partial charge on any atom is 0.257 e. The van der Waals surface area contributed by atoms with Crippen molar-refractivity contribution in [1.29, 1.82) is 0 Å². The van der Waals surface area contributed by atoms with Crippen LogP contribution in [0, 0.1) is 0 Å². The van der Waals surface area contributed by atoms with Gasteiger partial charge in [0.2, 0.25) is 5.91 Å². The van der Waals surface area contributed by atoms with Crippen LogP contribution in [-0.4, -0.2) is 54.4 Å². The van der Waals surface area contributed by atoms with Crippen molar-refractivity contribution < 1.29 is 15.8 Å². The number of nitrogens with zero attached hydrogens (tertiary/aromatic N) is 2. The van der Waals surface area contributed by atoms with Gasteiger partial charge >= 0.3 is 0 Å². The summed E-state index contributed by atoms with van der Waals surface area (Å²) in [7, 11) is 1.47. The predicted molar refractivity (Wildman–Crippen MR) is 89.0 cm³/mol. The first-order chi connectivity index (χ1) is 10.4. The molecule has 0 saturated heterocycles. The minimum absolute atomic E-state index is 0. The molecule has 6 nitrogen and oxygen atoms in total. The number of nitrogens with one attached hydrogen (secondary N) is 1. The van der Waals surface area contributed by atoms with Crippen molar-refractivity contribution in [3.8, 4) is 0 Å². The fourth-order valence-electron chi connectivity index (χ4n) is 2.63. The molecule has 0 saturated carbocycles. The summed E-state index contributed by atoms with van der Waals surface area (Å²) in [5.41, 5.74) is -0.864. The van der Waals surface area contributed by atoms with Crippen LogP contribution in [0.25, 0.3) is 0 Å². The Morgan fingerprint density at radius 1 is 1.45 bits per heavy atom. The lowest BCUT2D eigenvalue weighted by atomic mass is 9.96. The number of aliphatic imine (C=N–C) groups is 1. The Hall–Kier alpha value is -1.43. The lowest BCUT2D eigenvalue weighted by Crippen LogP contribution is -2.51. The Morgan fingerprint density at radius 2 is 2.14 bits per heavy atom. The molecule has 128 valence electrons. The molecule has 0 aromatic carbocycles. The zero-order chi connectivity index (χ0) is 16.8. The first kappa shape index (κ1) is 18.6. The van der Waals surface area contributed by atoms with Gasteiger partial charge in [0.1, 0.15) is 12.4 Å². The topological polar surface area (TPSA) is 71.0 Å². The molecule has 0 aromatic rings. The van der Waals surface area contributed by atoms with Gasteiger partial charge in [0.05, 0.1) is 6.54 Å². The highest BCUT2D eigenvalue weighted by molar-refractivity contribution is 6.08. The van der Waals surface area contributed by atoms with Gasteiger partial charge in [0.25, 0.3) is 5.91 Å². The van der Waals surface area contributed by atoms with Gasteiger partial charge in [-0.2, -0.15) is 0 Å². The monoisotopic (exact) mass is 313 g/mol. The van der Waals surface area contributed by atoms with E-state index in [1.165, 1.54) is 7.11 Å². The van der Waals surface area contributed by atoms with Crippen molar-refractivity contribution in [2.45, 2.75) is 65.0 Å². The molecule has 6 heteroatoms. The van der Waals surface area contributed by atoms with Gasteiger partial charge in [-0.1, -0.05) is 20.3 Å². The van der Waals surface area contributed by atoms with Gasteiger partial charge in [-0.15, -0.1) is 0 Å². The second-order valence-electron chi connectivity index (χ2n) is 6.00. The quantitative estimate of drug-likeness (QED) is 0.707. The maximum atomic E-state index is 12.9. The molecule has 0 aromatic heterocycles. The van der Waals surface area contributed by atoms with Crippen LogP contribution in [0.4, 0.5) is 0 Å². The zero-order valence-electron chi connectivity index (χ0n) is 14.4. The Morgan fingerprint density at radius 3 is 2.64 bits per heavy atom. The average Bonchev–Trinajstić information content (AvgIpc) is 2.76. The summed E-state index contributed by atoms with van der Waals surface area (Å²) >= 11 is 0. The minimum atomic E-state index is -0.864. The van der Waals surface area contributed by atoms with Crippen molar-refractivity contribution in [2.75, 3.05) is 20.3 Å². The van der Waals surface area contributed by atoms with E-state index in [9.17, 15) is 9.59 Å². The van der Waals surface area contributed by atoms with E-state index in [-0.39, 0.29) is 32.4 Å². The number of carbonyl (C=O) groups is 2. The van der Waals surface area contributed by atoms with E-state index >= 15 is 0 Å². The first-order valence-corrected chi connectivity index (χ1v) is 8.09. The molecule has 0 aliphatic carbocycles. The van der Waals surface area contributed by atoms with Crippen LogP contribution in [0.2, 0.25) is 0 Å². The van der Waals surface area contributed by atoms with Crippen LogP contribution < -0.4 is 5.32 Å². The van der Waals surface area contributed by atoms with Crippen molar-refractivity contribution in [2.24, 2.45) is 4.99 Å². The highest BCUT2D eigenvalue weighted by Gasteiger charge is 2.47.